The first-order chi connectivity index (χ1) is 9.40. The summed E-state index contributed by atoms with van der Waals surface area (Å²) in [4.78, 5) is 32.8. The normalized spacial score (nSPS) is 10.2. The molecule has 0 aliphatic rings. The Morgan fingerprint density at radius 1 is 1.45 bits per heavy atom. The topological polar surface area (TPSA) is 118 Å². The van der Waals surface area contributed by atoms with Crippen LogP contribution in [-0.2, 0) is 4.79 Å². The number of hydrogen-bond donors (Lipinski definition) is 1. The molecule has 0 saturated heterocycles. The number of amides is 1. The number of carbonyl (C=O) groups excluding carboxylic acids is 1. The number of nitro groups is 1. The van der Waals surface area contributed by atoms with Crippen molar-refractivity contribution in [1.82, 2.24) is 14.9 Å². The maximum Gasteiger partial charge on any atom is 0.329 e. The molecule has 9 heteroatoms. The number of nitrogens with zero attached hydrogens (tertiary/aromatic N) is 5. The molecule has 0 aliphatic carbocycles. The third-order valence-electron chi connectivity index (χ3n) is 2.82. The predicted octanol–water partition coefficient (Wildman–Crippen LogP) is 0.272. The standard InChI is InChI=1S/C11H18N6O3/c1-4-16(5-2)9(18)7-15(3)10-8(17(19)20)6-13-11(12)14-10/h6H,4-5,7H2,1-3H3,(H2,12,13,14). The zero-order valence-corrected chi connectivity index (χ0v) is 11.7. The van der Waals surface area contributed by atoms with E-state index >= 15 is 0 Å². The fourth-order valence-corrected chi connectivity index (χ4v) is 1.74. The van der Waals surface area contributed by atoms with E-state index in [4.69, 9.17) is 5.73 Å². The molecule has 1 aromatic rings. The Labute approximate surface area is 116 Å². The van der Waals surface area contributed by atoms with Crippen molar-refractivity contribution in [3.05, 3.63) is 16.3 Å². The van der Waals surface area contributed by atoms with Crippen molar-refractivity contribution in [2.75, 3.05) is 37.3 Å². The summed E-state index contributed by atoms with van der Waals surface area (Å²) >= 11 is 0. The van der Waals surface area contributed by atoms with Crippen LogP contribution in [0.15, 0.2) is 6.20 Å². The van der Waals surface area contributed by atoms with E-state index in [0.717, 1.165) is 6.20 Å². The van der Waals surface area contributed by atoms with Gasteiger partial charge in [-0.2, -0.15) is 4.98 Å². The van der Waals surface area contributed by atoms with Crippen molar-refractivity contribution in [2.24, 2.45) is 0 Å². The predicted molar refractivity (Wildman–Crippen MR) is 74.3 cm³/mol. The van der Waals surface area contributed by atoms with Gasteiger partial charge in [-0.25, -0.2) is 4.98 Å². The first-order valence-corrected chi connectivity index (χ1v) is 6.16. The van der Waals surface area contributed by atoms with Crippen LogP contribution in [0.5, 0.6) is 0 Å². The summed E-state index contributed by atoms with van der Waals surface area (Å²) in [5, 5.41) is 10.9. The molecule has 1 aromatic heterocycles. The first-order valence-electron chi connectivity index (χ1n) is 6.16. The molecule has 0 spiro atoms. The molecule has 1 amide bonds. The zero-order chi connectivity index (χ0) is 15.3. The molecule has 0 radical (unpaired) electrons. The molecule has 0 atom stereocenters. The summed E-state index contributed by atoms with van der Waals surface area (Å²) in [6, 6.07) is 0. The smallest absolute Gasteiger partial charge is 0.329 e. The van der Waals surface area contributed by atoms with Gasteiger partial charge in [0, 0.05) is 20.1 Å². The number of rotatable bonds is 6. The number of likely N-dealkylation sites (N-methyl/N-ethyl adjacent to an activating group) is 2. The molecule has 0 saturated carbocycles. The minimum Gasteiger partial charge on any atom is -0.368 e. The minimum absolute atomic E-state index is 0.0149. The lowest BCUT2D eigenvalue weighted by molar-refractivity contribution is -0.384. The summed E-state index contributed by atoms with van der Waals surface area (Å²) in [5.41, 5.74) is 5.16. The van der Waals surface area contributed by atoms with Crippen LogP contribution in [-0.4, -0.2) is 52.4 Å². The highest BCUT2D eigenvalue weighted by molar-refractivity contribution is 5.81. The van der Waals surface area contributed by atoms with Crippen molar-refractivity contribution in [3.63, 3.8) is 0 Å². The third kappa shape index (κ3) is 3.53. The Morgan fingerprint density at radius 3 is 2.55 bits per heavy atom. The maximum atomic E-state index is 12.0. The van der Waals surface area contributed by atoms with E-state index in [1.54, 1.807) is 11.9 Å². The molecular weight excluding hydrogens is 264 g/mol. The van der Waals surface area contributed by atoms with Crippen molar-refractivity contribution < 1.29 is 9.72 Å². The summed E-state index contributed by atoms with van der Waals surface area (Å²) in [7, 11) is 1.55. The Hall–Kier alpha value is -2.45. The van der Waals surface area contributed by atoms with Gasteiger partial charge in [0.1, 0.15) is 6.20 Å². The van der Waals surface area contributed by atoms with Gasteiger partial charge in [-0.1, -0.05) is 0 Å². The molecule has 0 unspecified atom stereocenters. The van der Waals surface area contributed by atoms with E-state index in [0.29, 0.717) is 13.1 Å². The number of nitrogens with two attached hydrogens (primary N) is 1. The van der Waals surface area contributed by atoms with Crippen LogP contribution in [0.3, 0.4) is 0 Å². The van der Waals surface area contributed by atoms with Gasteiger partial charge >= 0.3 is 5.69 Å². The Kier molecular flexibility index (Phi) is 5.18. The van der Waals surface area contributed by atoms with Gasteiger partial charge in [0.15, 0.2) is 0 Å². The average Bonchev–Trinajstić information content (AvgIpc) is 2.39. The van der Waals surface area contributed by atoms with Crippen molar-refractivity contribution in [3.8, 4) is 0 Å². The number of aromatic nitrogens is 2. The minimum atomic E-state index is -0.604. The van der Waals surface area contributed by atoms with Crippen LogP contribution in [0.25, 0.3) is 0 Å². The molecule has 0 aromatic carbocycles. The lowest BCUT2D eigenvalue weighted by Crippen LogP contribution is -2.39. The van der Waals surface area contributed by atoms with Gasteiger partial charge in [0.05, 0.1) is 11.5 Å². The molecule has 2 N–H and O–H groups in total. The molecule has 1 heterocycles. The first kappa shape index (κ1) is 15.6. The molecule has 1 rings (SSSR count). The van der Waals surface area contributed by atoms with Crippen LogP contribution in [0, 0.1) is 10.1 Å². The van der Waals surface area contributed by atoms with Crippen molar-refractivity contribution in [2.45, 2.75) is 13.8 Å². The number of nitrogen functional groups attached to an aromatic ring is 1. The molecule has 0 aliphatic heterocycles. The Morgan fingerprint density at radius 2 is 2.05 bits per heavy atom. The molecule has 0 bridgehead atoms. The SMILES string of the molecule is CCN(CC)C(=O)CN(C)c1nc(N)ncc1[N+](=O)[O-]. The van der Waals surface area contributed by atoms with E-state index in [-0.39, 0.29) is 29.9 Å². The fourth-order valence-electron chi connectivity index (χ4n) is 1.74. The zero-order valence-electron chi connectivity index (χ0n) is 11.7. The second kappa shape index (κ2) is 6.64. The quantitative estimate of drug-likeness (QED) is 0.587. The second-order valence-corrected chi connectivity index (χ2v) is 4.12. The van der Waals surface area contributed by atoms with Crippen LogP contribution in [0.2, 0.25) is 0 Å². The lowest BCUT2D eigenvalue weighted by Gasteiger charge is -2.23. The monoisotopic (exact) mass is 282 g/mol. The van der Waals surface area contributed by atoms with Gasteiger partial charge in [0.2, 0.25) is 17.7 Å². The van der Waals surface area contributed by atoms with Gasteiger partial charge in [0.25, 0.3) is 0 Å². The van der Waals surface area contributed by atoms with E-state index < -0.39 is 4.92 Å². The lowest BCUT2D eigenvalue weighted by atomic mass is 10.4. The summed E-state index contributed by atoms with van der Waals surface area (Å²) in [6.45, 7) is 4.88. The summed E-state index contributed by atoms with van der Waals surface area (Å²) in [5.74, 6) is -0.181. The maximum absolute atomic E-state index is 12.0. The number of hydrogen-bond acceptors (Lipinski definition) is 7. The summed E-state index contributed by atoms with van der Waals surface area (Å²) < 4.78 is 0. The highest BCUT2D eigenvalue weighted by Crippen LogP contribution is 2.24. The molecule has 0 fully saturated rings. The van der Waals surface area contributed by atoms with Crippen LogP contribution < -0.4 is 10.6 Å². The van der Waals surface area contributed by atoms with Gasteiger partial charge in [-0.05, 0) is 13.8 Å². The Balaban J connectivity index is 2.97. The van der Waals surface area contributed by atoms with Gasteiger partial charge in [-0.3, -0.25) is 14.9 Å². The van der Waals surface area contributed by atoms with Crippen LogP contribution >= 0.6 is 0 Å². The van der Waals surface area contributed by atoms with E-state index in [1.165, 1.54) is 4.90 Å². The van der Waals surface area contributed by atoms with E-state index in [2.05, 4.69) is 9.97 Å². The van der Waals surface area contributed by atoms with E-state index in [1.807, 2.05) is 13.8 Å². The molecule has 110 valence electrons. The largest absolute Gasteiger partial charge is 0.368 e. The molecular formula is C11H18N6O3. The van der Waals surface area contributed by atoms with Gasteiger partial charge in [-0.15, -0.1) is 0 Å². The second-order valence-electron chi connectivity index (χ2n) is 4.12. The highest BCUT2D eigenvalue weighted by Gasteiger charge is 2.22. The van der Waals surface area contributed by atoms with Crippen LogP contribution in [0.4, 0.5) is 17.5 Å². The van der Waals surface area contributed by atoms with E-state index in [9.17, 15) is 14.9 Å². The number of anilines is 2. The number of carbonyl (C=O) groups is 1. The average molecular weight is 282 g/mol. The van der Waals surface area contributed by atoms with Crippen molar-refractivity contribution >= 4 is 23.4 Å². The third-order valence-corrected chi connectivity index (χ3v) is 2.82. The molecule has 9 nitrogen and oxygen atoms in total. The van der Waals surface area contributed by atoms with Gasteiger partial charge < -0.3 is 15.5 Å². The summed E-state index contributed by atoms with van der Waals surface area (Å²) in [6.07, 6.45) is 1.04. The highest BCUT2D eigenvalue weighted by atomic mass is 16.6. The van der Waals surface area contributed by atoms with Crippen LogP contribution in [0.1, 0.15) is 13.8 Å². The molecule has 20 heavy (non-hydrogen) atoms. The van der Waals surface area contributed by atoms with Crippen molar-refractivity contribution in [1.29, 1.82) is 0 Å². The Bertz CT molecular complexity index is 503. The fraction of sp³-hybridized carbons (Fsp3) is 0.545.